The summed E-state index contributed by atoms with van der Waals surface area (Å²) in [7, 11) is 0. The van der Waals surface area contributed by atoms with Crippen LogP contribution in [0.1, 0.15) is 38.7 Å². The van der Waals surface area contributed by atoms with Crippen LogP contribution in [0.4, 0.5) is 0 Å². The first kappa shape index (κ1) is 17.7. The molecule has 1 aromatic carbocycles. The third-order valence-corrected chi connectivity index (χ3v) is 3.82. The molecule has 1 heterocycles. The van der Waals surface area contributed by atoms with Gasteiger partial charge in [-0.15, -0.1) is 0 Å². The van der Waals surface area contributed by atoms with Crippen molar-refractivity contribution in [1.29, 1.82) is 0 Å². The number of nitrogens with one attached hydrogen (secondary N) is 2. The smallest absolute Gasteiger partial charge is 0.187 e. The van der Waals surface area contributed by atoms with Crippen molar-refractivity contribution >= 4 is 23.0 Å². The summed E-state index contributed by atoms with van der Waals surface area (Å²) in [5.41, 5.74) is 4.77. The highest BCUT2D eigenvalue weighted by Gasteiger charge is 2.15. The molecule has 2 rings (SSSR count). The molecule has 1 aromatic rings. The van der Waals surface area contributed by atoms with Gasteiger partial charge in [0.15, 0.2) is 5.11 Å². The molecule has 126 valence electrons. The van der Waals surface area contributed by atoms with Crippen LogP contribution in [0.25, 0.3) is 0 Å². The summed E-state index contributed by atoms with van der Waals surface area (Å²) in [5.74, 6) is 0.880. The Balaban J connectivity index is 1.77. The number of hydrazone groups is 1. The molecule has 0 aliphatic carbocycles. The van der Waals surface area contributed by atoms with Crippen molar-refractivity contribution in [2.45, 2.75) is 39.2 Å². The maximum Gasteiger partial charge on any atom is 0.187 e. The van der Waals surface area contributed by atoms with Gasteiger partial charge in [-0.3, -0.25) is 5.43 Å². The Morgan fingerprint density at radius 1 is 1.39 bits per heavy atom. The van der Waals surface area contributed by atoms with E-state index in [1.165, 1.54) is 0 Å². The lowest BCUT2D eigenvalue weighted by molar-refractivity contribution is 0.114. The molecule has 6 heteroatoms. The van der Waals surface area contributed by atoms with E-state index in [2.05, 4.69) is 22.8 Å². The van der Waals surface area contributed by atoms with E-state index in [-0.39, 0.29) is 6.10 Å². The number of ether oxygens (including phenoxy) is 2. The Hall–Kier alpha value is -1.66. The monoisotopic (exact) mass is 335 g/mol. The van der Waals surface area contributed by atoms with Crippen LogP contribution in [0.2, 0.25) is 0 Å². The highest BCUT2D eigenvalue weighted by Crippen LogP contribution is 2.13. The fourth-order valence-electron chi connectivity index (χ4n) is 2.26. The average molecular weight is 335 g/mol. The van der Waals surface area contributed by atoms with Gasteiger partial charge in [-0.25, -0.2) is 0 Å². The third-order valence-electron chi connectivity index (χ3n) is 3.58. The summed E-state index contributed by atoms with van der Waals surface area (Å²) in [6, 6.07) is 7.90. The molecule has 2 N–H and O–H groups in total. The lowest BCUT2D eigenvalue weighted by Gasteiger charge is -2.12. The molecule has 1 saturated heterocycles. The standard InChI is InChI=1S/C17H25N3O2S/c1-3-10-21-15-8-6-14(7-9-15)13(2)19-20-17(23)18-12-16-5-4-11-22-16/h6-9,16H,3-5,10-12H2,1-2H3,(H2,18,20,23)/b19-13+. The molecule has 0 bridgehead atoms. The molecule has 1 aliphatic heterocycles. The van der Waals surface area contributed by atoms with Crippen LogP contribution in [-0.2, 0) is 4.74 Å². The first-order valence-electron chi connectivity index (χ1n) is 8.12. The van der Waals surface area contributed by atoms with E-state index < -0.39 is 0 Å². The maximum absolute atomic E-state index is 5.57. The lowest BCUT2D eigenvalue weighted by atomic mass is 10.1. The van der Waals surface area contributed by atoms with Gasteiger partial charge < -0.3 is 14.8 Å². The molecular weight excluding hydrogens is 310 g/mol. The largest absolute Gasteiger partial charge is 0.494 e. The van der Waals surface area contributed by atoms with Gasteiger partial charge >= 0.3 is 0 Å². The summed E-state index contributed by atoms with van der Waals surface area (Å²) in [4.78, 5) is 0. The number of benzene rings is 1. The molecular formula is C17H25N3O2S. The van der Waals surface area contributed by atoms with Crippen LogP contribution in [0.15, 0.2) is 29.4 Å². The first-order valence-corrected chi connectivity index (χ1v) is 8.53. The zero-order valence-electron chi connectivity index (χ0n) is 13.8. The van der Waals surface area contributed by atoms with E-state index in [0.717, 1.165) is 56.0 Å². The van der Waals surface area contributed by atoms with Gasteiger partial charge in [-0.2, -0.15) is 5.10 Å². The number of hydrogen-bond donors (Lipinski definition) is 2. The number of hydrogen-bond acceptors (Lipinski definition) is 4. The van der Waals surface area contributed by atoms with E-state index in [0.29, 0.717) is 5.11 Å². The normalized spacial score (nSPS) is 17.8. The molecule has 1 aliphatic rings. The Morgan fingerprint density at radius 2 is 2.17 bits per heavy atom. The van der Waals surface area contributed by atoms with Crippen LogP contribution >= 0.6 is 12.2 Å². The molecule has 0 radical (unpaired) electrons. The summed E-state index contributed by atoms with van der Waals surface area (Å²) in [6.07, 6.45) is 3.48. The van der Waals surface area contributed by atoms with E-state index in [1.54, 1.807) is 0 Å². The van der Waals surface area contributed by atoms with Crippen LogP contribution in [0, 0.1) is 0 Å². The zero-order chi connectivity index (χ0) is 16.5. The first-order chi connectivity index (χ1) is 11.2. The molecule has 1 unspecified atom stereocenters. The van der Waals surface area contributed by atoms with Crippen molar-refractivity contribution in [3.63, 3.8) is 0 Å². The third kappa shape index (κ3) is 6.15. The molecule has 0 amide bonds. The maximum atomic E-state index is 5.57. The van der Waals surface area contributed by atoms with E-state index in [4.69, 9.17) is 21.7 Å². The van der Waals surface area contributed by atoms with Gasteiger partial charge in [0.25, 0.3) is 0 Å². The van der Waals surface area contributed by atoms with Crippen molar-refractivity contribution in [1.82, 2.24) is 10.7 Å². The topological polar surface area (TPSA) is 54.9 Å². The van der Waals surface area contributed by atoms with Gasteiger partial charge in [-0.1, -0.05) is 6.92 Å². The second-order valence-electron chi connectivity index (χ2n) is 5.53. The molecule has 0 aromatic heterocycles. The summed E-state index contributed by atoms with van der Waals surface area (Å²) in [5, 5.41) is 7.96. The highest BCUT2D eigenvalue weighted by atomic mass is 32.1. The molecule has 1 fully saturated rings. The van der Waals surface area contributed by atoms with Gasteiger partial charge in [0.1, 0.15) is 5.75 Å². The Kier molecular flexibility index (Phi) is 7.29. The Morgan fingerprint density at radius 3 is 2.83 bits per heavy atom. The van der Waals surface area contributed by atoms with Crippen molar-refractivity contribution in [2.24, 2.45) is 5.10 Å². The summed E-state index contributed by atoms with van der Waals surface area (Å²) < 4.78 is 11.1. The second kappa shape index (κ2) is 9.47. The predicted molar refractivity (Wildman–Crippen MR) is 97.1 cm³/mol. The molecule has 5 nitrogen and oxygen atoms in total. The van der Waals surface area contributed by atoms with E-state index >= 15 is 0 Å². The van der Waals surface area contributed by atoms with Gasteiger partial charge in [0.2, 0.25) is 0 Å². The van der Waals surface area contributed by atoms with Crippen molar-refractivity contribution in [3.05, 3.63) is 29.8 Å². The summed E-state index contributed by atoms with van der Waals surface area (Å²) >= 11 is 5.22. The minimum atomic E-state index is 0.260. The van der Waals surface area contributed by atoms with Crippen LogP contribution in [0.3, 0.4) is 0 Å². The molecule has 1 atom stereocenters. The predicted octanol–water partition coefficient (Wildman–Crippen LogP) is 2.84. The second-order valence-corrected chi connectivity index (χ2v) is 5.94. The number of nitrogens with zero attached hydrogens (tertiary/aromatic N) is 1. The van der Waals surface area contributed by atoms with Crippen molar-refractivity contribution < 1.29 is 9.47 Å². The van der Waals surface area contributed by atoms with Crippen molar-refractivity contribution in [2.75, 3.05) is 19.8 Å². The number of rotatable bonds is 7. The summed E-state index contributed by atoms with van der Waals surface area (Å²) in [6.45, 7) is 6.34. The highest BCUT2D eigenvalue weighted by molar-refractivity contribution is 7.80. The average Bonchev–Trinajstić information content (AvgIpc) is 3.10. The molecule has 0 spiro atoms. The van der Waals surface area contributed by atoms with Gasteiger partial charge in [-0.05, 0) is 68.2 Å². The van der Waals surface area contributed by atoms with Gasteiger partial charge in [0, 0.05) is 13.2 Å². The molecule has 0 saturated carbocycles. The SMILES string of the molecule is CCCOc1ccc(/C(C)=N/NC(=S)NCC2CCCO2)cc1. The minimum Gasteiger partial charge on any atom is -0.494 e. The van der Waals surface area contributed by atoms with Crippen LogP contribution < -0.4 is 15.5 Å². The van der Waals surface area contributed by atoms with Gasteiger partial charge in [0.05, 0.1) is 18.4 Å². The fourth-order valence-corrected chi connectivity index (χ4v) is 2.39. The van der Waals surface area contributed by atoms with E-state index in [9.17, 15) is 0 Å². The quantitative estimate of drug-likeness (QED) is 0.456. The molecule has 23 heavy (non-hydrogen) atoms. The Labute approximate surface area is 143 Å². The van der Waals surface area contributed by atoms with Crippen molar-refractivity contribution in [3.8, 4) is 5.75 Å². The lowest BCUT2D eigenvalue weighted by Crippen LogP contribution is -2.37. The fraction of sp³-hybridized carbons (Fsp3) is 0.529. The van der Waals surface area contributed by atoms with Crippen LogP contribution in [-0.4, -0.2) is 36.7 Å². The van der Waals surface area contributed by atoms with E-state index in [1.807, 2.05) is 31.2 Å². The Bertz CT molecular complexity index is 525. The van der Waals surface area contributed by atoms with Crippen LogP contribution in [0.5, 0.6) is 5.75 Å². The minimum absolute atomic E-state index is 0.260. The number of thiocarbonyl (C=S) groups is 1. The zero-order valence-corrected chi connectivity index (χ0v) is 14.6.